The van der Waals surface area contributed by atoms with Crippen molar-refractivity contribution in [3.8, 4) is 5.75 Å². The Kier molecular flexibility index (Phi) is 6.47. The van der Waals surface area contributed by atoms with Crippen molar-refractivity contribution < 1.29 is 4.74 Å². The third-order valence-corrected chi connectivity index (χ3v) is 3.34. The molecule has 0 heterocycles. The molecule has 0 spiro atoms. The van der Waals surface area contributed by atoms with E-state index in [0.29, 0.717) is 16.8 Å². The topological polar surface area (TPSA) is 35.2 Å². The molecule has 2 N–H and O–H groups in total. The van der Waals surface area contributed by atoms with Gasteiger partial charge in [0.25, 0.3) is 0 Å². The molecule has 0 radical (unpaired) electrons. The molecule has 0 saturated carbocycles. The number of nitrogens with two attached hydrogens (primary N) is 1. The van der Waals surface area contributed by atoms with Gasteiger partial charge in [0.15, 0.2) is 0 Å². The third-order valence-electron chi connectivity index (χ3n) is 3.17. The lowest BCUT2D eigenvalue weighted by Gasteiger charge is -2.19. The average Bonchev–Trinajstić information content (AvgIpc) is 2.25. The van der Waals surface area contributed by atoms with Crippen molar-refractivity contribution in [2.24, 2.45) is 17.6 Å². The van der Waals surface area contributed by atoms with E-state index >= 15 is 0 Å². The molecule has 1 atom stereocenters. The maximum Gasteiger partial charge on any atom is 0.125 e. The molecule has 0 fully saturated rings. The van der Waals surface area contributed by atoms with E-state index in [4.69, 9.17) is 22.7 Å². The highest BCUT2D eigenvalue weighted by Crippen LogP contribution is 2.28. The van der Waals surface area contributed by atoms with Crippen LogP contribution in [0.3, 0.4) is 0 Å². The van der Waals surface area contributed by atoms with Crippen LogP contribution in [0.2, 0.25) is 0 Å². The van der Waals surface area contributed by atoms with Crippen molar-refractivity contribution in [1.82, 2.24) is 0 Å². The van der Waals surface area contributed by atoms with Crippen molar-refractivity contribution >= 4 is 17.2 Å². The molecule has 0 amide bonds. The zero-order chi connectivity index (χ0) is 15.3. The molecular formula is C17H27NOS. The predicted molar refractivity (Wildman–Crippen MR) is 90.5 cm³/mol. The van der Waals surface area contributed by atoms with E-state index in [-0.39, 0.29) is 0 Å². The zero-order valence-corrected chi connectivity index (χ0v) is 14.1. The Hall–Kier alpha value is -1.09. The normalized spacial score (nSPS) is 12.5. The minimum absolute atomic E-state index is 0.440. The maximum absolute atomic E-state index is 6.03. The van der Waals surface area contributed by atoms with Crippen molar-refractivity contribution in [2.45, 2.75) is 47.5 Å². The van der Waals surface area contributed by atoms with Gasteiger partial charge in [-0.3, -0.25) is 0 Å². The Labute approximate surface area is 128 Å². The number of aryl methyl sites for hydroxylation is 2. The van der Waals surface area contributed by atoms with E-state index < -0.39 is 0 Å². The Morgan fingerprint density at radius 3 is 2.45 bits per heavy atom. The first-order chi connectivity index (χ1) is 9.29. The smallest absolute Gasteiger partial charge is 0.125 e. The van der Waals surface area contributed by atoms with E-state index in [1.807, 2.05) is 0 Å². The van der Waals surface area contributed by atoms with Crippen LogP contribution in [0.25, 0.3) is 0 Å². The van der Waals surface area contributed by atoms with Crippen molar-refractivity contribution in [2.75, 3.05) is 6.61 Å². The second-order valence-corrected chi connectivity index (χ2v) is 6.78. The fourth-order valence-electron chi connectivity index (χ4n) is 2.44. The highest BCUT2D eigenvalue weighted by atomic mass is 32.1. The number of rotatable bonds is 7. The summed E-state index contributed by atoms with van der Waals surface area (Å²) in [5.41, 5.74) is 9.40. The first-order valence-electron chi connectivity index (χ1n) is 7.30. The highest BCUT2D eigenvalue weighted by molar-refractivity contribution is 7.80. The molecule has 0 saturated heterocycles. The predicted octanol–water partition coefficient (Wildman–Crippen LogP) is 4.19. The van der Waals surface area contributed by atoms with Crippen molar-refractivity contribution in [3.05, 3.63) is 28.8 Å². The first kappa shape index (κ1) is 17.0. The lowest BCUT2D eigenvalue weighted by Crippen LogP contribution is -2.15. The summed E-state index contributed by atoms with van der Waals surface area (Å²) in [6, 6.07) is 4.40. The first-order valence-corrected chi connectivity index (χ1v) is 7.71. The van der Waals surface area contributed by atoms with E-state index in [9.17, 15) is 0 Å². The molecule has 1 aromatic rings. The van der Waals surface area contributed by atoms with Crippen LogP contribution in [0.5, 0.6) is 5.75 Å². The number of hydrogen-bond donors (Lipinski definition) is 1. The quantitative estimate of drug-likeness (QED) is 0.765. The van der Waals surface area contributed by atoms with Gasteiger partial charge in [0.05, 0.1) is 11.6 Å². The Morgan fingerprint density at radius 1 is 1.25 bits per heavy atom. The van der Waals surface area contributed by atoms with Crippen LogP contribution in [0.1, 0.15) is 43.9 Å². The molecule has 1 unspecified atom stereocenters. The van der Waals surface area contributed by atoms with Gasteiger partial charge in [-0.25, -0.2) is 0 Å². The summed E-state index contributed by atoms with van der Waals surface area (Å²) in [7, 11) is 0. The van der Waals surface area contributed by atoms with Crippen LogP contribution in [-0.4, -0.2) is 11.6 Å². The lowest BCUT2D eigenvalue weighted by atomic mass is 9.94. The molecule has 2 nitrogen and oxygen atoms in total. The largest absolute Gasteiger partial charge is 0.493 e. The fraction of sp³-hybridized carbons (Fsp3) is 0.588. The lowest BCUT2D eigenvalue weighted by molar-refractivity contribution is 0.266. The maximum atomic E-state index is 6.03. The van der Waals surface area contributed by atoms with Gasteiger partial charge in [0.2, 0.25) is 0 Å². The molecule has 1 aromatic carbocycles. The Balaban J connectivity index is 2.94. The molecule has 20 heavy (non-hydrogen) atoms. The van der Waals surface area contributed by atoms with E-state index in [1.54, 1.807) is 0 Å². The second kappa shape index (κ2) is 7.63. The van der Waals surface area contributed by atoms with Gasteiger partial charge in [0, 0.05) is 6.42 Å². The third kappa shape index (κ3) is 5.49. The van der Waals surface area contributed by atoms with Gasteiger partial charge in [-0.15, -0.1) is 0 Å². The van der Waals surface area contributed by atoms with E-state index in [0.717, 1.165) is 25.2 Å². The minimum atomic E-state index is 0.440. The fourth-order valence-corrected chi connectivity index (χ4v) is 2.73. The summed E-state index contributed by atoms with van der Waals surface area (Å²) in [6.45, 7) is 11.5. The summed E-state index contributed by atoms with van der Waals surface area (Å²) >= 11 is 5.00. The second-order valence-electron chi connectivity index (χ2n) is 6.25. The molecule has 3 heteroatoms. The molecule has 0 aromatic heterocycles. The van der Waals surface area contributed by atoms with E-state index in [1.165, 1.54) is 16.7 Å². The number of thiocarbonyl (C=S) groups is 1. The summed E-state index contributed by atoms with van der Waals surface area (Å²) in [5, 5.41) is 0. The van der Waals surface area contributed by atoms with Gasteiger partial charge in [-0.2, -0.15) is 0 Å². The SMILES string of the molecule is Cc1cc(C)c(OCC(C)C)c(CC(C)CC(N)=S)c1. The highest BCUT2D eigenvalue weighted by Gasteiger charge is 2.13. The summed E-state index contributed by atoms with van der Waals surface area (Å²) in [4.78, 5) is 0.589. The van der Waals surface area contributed by atoms with Crippen LogP contribution in [0.15, 0.2) is 12.1 Å². The zero-order valence-electron chi connectivity index (χ0n) is 13.3. The van der Waals surface area contributed by atoms with Gasteiger partial charge >= 0.3 is 0 Å². The van der Waals surface area contributed by atoms with Crippen LogP contribution >= 0.6 is 12.2 Å². The molecular weight excluding hydrogens is 266 g/mol. The molecule has 112 valence electrons. The summed E-state index contributed by atoms with van der Waals surface area (Å²) in [6.07, 6.45) is 1.74. The molecule has 0 aliphatic heterocycles. The van der Waals surface area contributed by atoms with Crippen molar-refractivity contribution in [1.29, 1.82) is 0 Å². The monoisotopic (exact) mass is 293 g/mol. The average molecular weight is 293 g/mol. The van der Waals surface area contributed by atoms with Crippen LogP contribution in [-0.2, 0) is 6.42 Å². The molecule has 0 bridgehead atoms. The van der Waals surface area contributed by atoms with Crippen LogP contribution in [0.4, 0.5) is 0 Å². The Morgan fingerprint density at radius 2 is 1.90 bits per heavy atom. The number of benzene rings is 1. The van der Waals surface area contributed by atoms with Gasteiger partial charge in [0.1, 0.15) is 5.75 Å². The summed E-state index contributed by atoms with van der Waals surface area (Å²) < 4.78 is 6.03. The summed E-state index contributed by atoms with van der Waals surface area (Å²) in [5.74, 6) is 2.01. The Bertz CT molecular complexity index is 468. The van der Waals surface area contributed by atoms with Crippen LogP contribution in [0, 0.1) is 25.7 Å². The van der Waals surface area contributed by atoms with Crippen molar-refractivity contribution in [3.63, 3.8) is 0 Å². The van der Waals surface area contributed by atoms with Gasteiger partial charge in [-0.1, -0.05) is 50.7 Å². The van der Waals surface area contributed by atoms with Crippen LogP contribution < -0.4 is 10.5 Å². The molecule has 1 rings (SSSR count). The van der Waals surface area contributed by atoms with Gasteiger partial charge in [-0.05, 0) is 43.2 Å². The van der Waals surface area contributed by atoms with E-state index in [2.05, 4.69) is 46.8 Å². The molecule has 0 aliphatic rings. The standard InChI is InChI=1S/C17H27NOS/c1-11(2)10-19-17-14(5)6-12(3)7-15(17)8-13(4)9-16(18)20/h6-7,11,13H,8-10H2,1-5H3,(H2,18,20). The molecule has 0 aliphatic carbocycles. The number of hydrogen-bond acceptors (Lipinski definition) is 2. The number of ether oxygens (including phenoxy) is 1. The minimum Gasteiger partial charge on any atom is -0.493 e. The van der Waals surface area contributed by atoms with Gasteiger partial charge < -0.3 is 10.5 Å².